The summed E-state index contributed by atoms with van der Waals surface area (Å²) < 4.78 is 1.58. The van der Waals surface area contributed by atoms with Gasteiger partial charge in [0.2, 0.25) is 5.28 Å². The molecule has 0 radical (unpaired) electrons. The highest BCUT2D eigenvalue weighted by Crippen LogP contribution is 2.07. The molecule has 56 valence electrons. The molecule has 0 aliphatic rings. The van der Waals surface area contributed by atoms with Crippen LogP contribution >= 0.6 is 11.6 Å². The number of hydrogen-bond donors (Lipinski definition) is 1. The third-order valence-electron chi connectivity index (χ3n) is 1.18. The van der Waals surface area contributed by atoms with Gasteiger partial charge in [0.05, 0.1) is 6.04 Å². The van der Waals surface area contributed by atoms with E-state index in [0.717, 1.165) is 0 Å². The zero-order valence-electron chi connectivity index (χ0n) is 5.87. The molecule has 0 saturated heterocycles. The van der Waals surface area contributed by atoms with Gasteiger partial charge in [-0.15, -0.1) is 5.10 Å². The summed E-state index contributed by atoms with van der Waals surface area (Å²) in [6, 6.07) is -0.120. The van der Waals surface area contributed by atoms with Gasteiger partial charge in [-0.3, -0.25) is 4.68 Å². The normalized spacial score (nSPS) is 13.6. The smallest absolute Gasteiger partial charge is 0.242 e. The van der Waals surface area contributed by atoms with Crippen molar-refractivity contribution in [2.45, 2.75) is 13.0 Å². The summed E-state index contributed by atoms with van der Waals surface area (Å²) in [5.74, 6) is 0.699. The summed E-state index contributed by atoms with van der Waals surface area (Å²) in [6.07, 6.45) is 0. The Morgan fingerprint density at radius 3 is 2.50 bits per heavy atom. The van der Waals surface area contributed by atoms with E-state index >= 15 is 0 Å². The van der Waals surface area contributed by atoms with Crippen molar-refractivity contribution in [3.8, 4) is 0 Å². The van der Waals surface area contributed by atoms with Gasteiger partial charge in [-0.1, -0.05) is 0 Å². The molecule has 2 N–H and O–H groups in total. The van der Waals surface area contributed by atoms with Gasteiger partial charge in [0.1, 0.15) is 5.82 Å². The second-order valence-corrected chi connectivity index (χ2v) is 2.49. The van der Waals surface area contributed by atoms with Crippen molar-refractivity contribution in [3.63, 3.8) is 0 Å². The molecule has 0 amide bonds. The third kappa shape index (κ3) is 1.27. The van der Waals surface area contributed by atoms with Gasteiger partial charge >= 0.3 is 0 Å². The van der Waals surface area contributed by atoms with E-state index in [1.807, 2.05) is 6.92 Å². The van der Waals surface area contributed by atoms with E-state index in [1.54, 1.807) is 11.7 Å². The van der Waals surface area contributed by atoms with Crippen LogP contribution in [-0.4, -0.2) is 14.8 Å². The molecule has 0 spiro atoms. The fourth-order valence-corrected chi connectivity index (χ4v) is 0.961. The molecule has 5 heteroatoms. The van der Waals surface area contributed by atoms with Crippen LogP contribution in [0.4, 0.5) is 0 Å². The number of halogens is 1. The molecule has 0 aromatic carbocycles. The van der Waals surface area contributed by atoms with Crippen LogP contribution in [0.3, 0.4) is 0 Å². The molecule has 0 aliphatic heterocycles. The maximum atomic E-state index is 5.55. The van der Waals surface area contributed by atoms with Crippen LogP contribution in [0.2, 0.25) is 5.28 Å². The van der Waals surface area contributed by atoms with Crippen LogP contribution in [0.25, 0.3) is 0 Å². The number of aromatic nitrogens is 3. The second kappa shape index (κ2) is 2.56. The van der Waals surface area contributed by atoms with Gasteiger partial charge in [-0.25, -0.2) is 4.98 Å². The van der Waals surface area contributed by atoms with Crippen molar-refractivity contribution in [3.05, 3.63) is 11.1 Å². The Labute approximate surface area is 64.0 Å². The Bertz CT molecular complexity index is 230. The average molecular weight is 161 g/mol. The average Bonchev–Trinajstić information content (AvgIpc) is 2.10. The van der Waals surface area contributed by atoms with Crippen LogP contribution in [0.5, 0.6) is 0 Å². The Hall–Kier alpha value is -0.610. The van der Waals surface area contributed by atoms with Gasteiger partial charge < -0.3 is 5.73 Å². The summed E-state index contributed by atoms with van der Waals surface area (Å²) in [5, 5.41) is 4.07. The fourth-order valence-electron chi connectivity index (χ4n) is 0.761. The lowest BCUT2D eigenvalue weighted by Gasteiger charge is -2.00. The lowest BCUT2D eigenvalue weighted by molar-refractivity contribution is 0.639. The molecule has 0 saturated carbocycles. The van der Waals surface area contributed by atoms with Crippen molar-refractivity contribution in [1.29, 1.82) is 0 Å². The fraction of sp³-hybridized carbons (Fsp3) is 0.600. The lowest BCUT2D eigenvalue weighted by atomic mass is 10.3. The second-order valence-electron chi connectivity index (χ2n) is 2.15. The summed E-state index contributed by atoms with van der Waals surface area (Å²) in [4.78, 5) is 3.90. The largest absolute Gasteiger partial charge is 0.322 e. The molecular weight excluding hydrogens is 152 g/mol. The number of nitrogens with two attached hydrogens (primary N) is 1. The predicted molar refractivity (Wildman–Crippen MR) is 38.6 cm³/mol. The summed E-state index contributed by atoms with van der Waals surface area (Å²) in [7, 11) is 1.76. The topological polar surface area (TPSA) is 56.7 Å². The third-order valence-corrected chi connectivity index (χ3v) is 1.34. The quantitative estimate of drug-likeness (QED) is 0.651. The predicted octanol–water partition coefficient (Wildman–Crippen LogP) is 0.488. The SMILES string of the molecule is CC(N)c1nc(Cl)nn1C. The highest BCUT2D eigenvalue weighted by Gasteiger charge is 2.07. The van der Waals surface area contributed by atoms with E-state index in [-0.39, 0.29) is 11.3 Å². The number of rotatable bonds is 1. The molecule has 1 aromatic rings. The minimum absolute atomic E-state index is 0.120. The molecule has 1 unspecified atom stereocenters. The zero-order valence-corrected chi connectivity index (χ0v) is 6.63. The van der Waals surface area contributed by atoms with Crippen molar-refractivity contribution in [1.82, 2.24) is 14.8 Å². The summed E-state index contributed by atoms with van der Waals surface area (Å²) >= 11 is 5.51. The van der Waals surface area contributed by atoms with Crippen molar-refractivity contribution >= 4 is 11.6 Å². The first-order valence-electron chi connectivity index (χ1n) is 2.93. The molecule has 0 bridgehead atoms. The first-order chi connectivity index (χ1) is 4.61. The van der Waals surface area contributed by atoms with Gasteiger partial charge in [0.15, 0.2) is 0 Å². The minimum Gasteiger partial charge on any atom is -0.322 e. The molecule has 1 heterocycles. The molecule has 10 heavy (non-hydrogen) atoms. The van der Waals surface area contributed by atoms with Crippen LogP contribution in [0.15, 0.2) is 0 Å². The number of aryl methyl sites for hydroxylation is 1. The lowest BCUT2D eigenvalue weighted by Crippen LogP contribution is -2.11. The van der Waals surface area contributed by atoms with E-state index in [4.69, 9.17) is 17.3 Å². The summed E-state index contributed by atoms with van der Waals surface area (Å²) in [5.41, 5.74) is 5.55. The number of nitrogens with zero attached hydrogens (tertiary/aromatic N) is 3. The van der Waals surface area contributed by atoms with Gasteiger partial charge in [0, 0.05) is 7.05 Å². The van der Waals surface area contributed by atoms with E-state index in [9.17, 15) is 0 Å². The zero-order chi connectivity index (χ0) is 7.72. The van der Waals surface area contributed by atoms with E-state index in [0.29, 0.717) is 5.82 Å². The monoisotopic (exact) mass is 160 g/mol. The summed E-state index contributed by atoms with van der Waals surface area (Å²) in [6.45, 7) is 1.83. The molecule has 1 rings (SSSR count). The standard InChI is InChI=1S/C5H9ClN4/c1-3(7)4-8-5(6)9-10(4)2/h3H,7H2,1-2H3. The molecule has 0 fully saturated rings. The van der Waals surface area contributed by atoms with E-state index < -0.39 is 0 Å². The first-order valence-corrected chi connectivity index (χ1v) is 3.31. The molecule has 1 atom stereocenters. The van der Waals surface area contributed by atoms with Crippen molar-refractivity contribution < 1.29 is 0 Å². The van der Waals surface area contributed by atoms with Crippen LogP contribution in [-0.2, 0) is 7.05 Å². The highest BCUT2D eigenvalue weighted by molar-refractivity contribution is 6.28. The van der Waals surface area contributed by atoms with Crippen LogP contribution in [0, 0.1) is 0 Å². The Morgan fingerprint density at radius 2 is 2.30 bits per heavy atom. The maximum absolute atomic E-state index is 5.55. The van der Waals surface area contributed by atoms with Crippen LogP contribution < -0.4 is 5.73 Å². The van der Waals surface area contributed by atoms with Gasteiger partial charge in [-0.2, -0.15) is 0 Å². The van der Waals surface area contributed by atoms with Gasteiger partial charge in [0.25, 0.3) is 0 Å². The Balaban J connectivity index is 3.03. The Kier molecular flexibility index (Phi) is 1.92. The minimum atomic E-state index is -0.120. The first kappa shape index (κ1) is 7.50. The van der Waals surface area contributed by atoms with E-state index in [1.165, 1.54) is 0 Å². The van der Waals surface area contributed by atoms with Crippen LogP contribution in [0.1, 0.15) is 18.8 Å². The highest BCUT2D eigenvalue weighted by atomic mass is 35.5. The van der Waals surface area contributed by atoms with E-state index in [2.05, 4.69) is 10.1 Å². The molecule has 0 aliphatic carbocycles. The molecule has 1 aromatic heterocycles. The molecule has 4 nitrogen and oxygen atoms in total. The van der Waals surface area contributed by atoms with Gasteiger partial charge in [-0.05, 0) is 18.5 Å². The maximum Gasteiger partial charge on any atom is 0.242 e. The Morgan fingerprint density at radius 1 is 1.70 bits per heavy atom. The van der Waals surface area contributed by atoms with Crippen molar-refractivity contribution in [2.24, 2.45) is 12.8 Å². The van der Waals surface area contributed by atoms with Crippen molar-refractivity contribution in [2.75, 3.05) is 0 Å². The number of hydrogen-bond acceptors (Lipinski definition) is 3. The molecular formula is C5H9ClN4.